The van der Waals surface area contributed by atoms with Crippen molar-refractivity contribution in [3.05, 3.63) is 54.1 Å². The maximum absolute atomic E-state index is 5.71. The molecule has 3 rings (SSSR count). The summed E-state index contributed by atoms with van der Waals surface area (Å²) in [6.45, 7) is 6.67. The van der Waals surface area contributed by atoms with E-state index in [4.69, 9.17) is 9.47 Å². The topological polar surface area (TPSA) is 24.9 Å². The lowest BCUT2D eigenvalue weighted by Crippen LogP contribution is -2.53. The van der Waals surface area contributed by atoms with Crippen molar-refractivity contribution in [1.29, 1.82) is 0 Å². The van der Waals surface area contributed by atoms with Crippen LogP contribution in [0.3, 0.4) is 0 Å². The molecule has 1 unspecified atom stereocenters. The van der Waals surface area contributed by atoms with Crippen molar-refractivity contribution in [2.75, 3.05) is 45.3 Å². The lowest BCUT2D eigenvalue weighted by atomic mass is 10.0. The molecular weight excluding hydrogens is 348 g/mol. The minimum Gasteiger partial charge on any atom is -0.493 e. The number of para-hydroxylation sites is 1. The van der Waals surface area contributed by atoms with Crippen molar-refractivity contribution in [2.24, 2.45) is 0 Å². The number of aryl methyl sites for hydroxylation is 1. The second kappa shape index (κ2) is 10.4. The number of nitrogens with zero attached hydrogens (tertiary/aromatic N) is 2. The third kappa shape index (κ3) is 4.99. The van der Waals surface area contributed by atoms with Crippen LogP contribution in [0.5, 0.6) is 11.5 Å². The van der Waals surface area contributed by atoms with Crippen LogP contribution in [0.2, 0.25) is 0 Å². The first-order valence-electron chi connectivity index (χ1n) is 10.5. The van der Waals surface area contributed by atoms with Crippen LogP contribution in [0.1, 0.15) is 31.7 Å². The summed E-state index contributed by atoms with van der Waals surface area (Å²) in [4.78, 5) is 5.16. The monoisotopic (exact) mass is 382 g/mol. The van der Waals surface area contributed by atoms with Gasteiger partial charge in [0.05, 0.1) is 19.9 Å². The van der Waals surface area contributed by atoms with Crippen molar-refractivity contribution >= 4 is 5.69 Å². The summed E-state index contributed by atoms with van der Waals surface area (Å²) in [6, 6.07) is 17.5. The number of piperazine rings is 1. The lowest BCUT2D eigenvalue weighted by molar-refractivity contribution is 0.214. The number of methoxy groups -OCH3 is 2. The van der Waals surface area contributed by atoms with Crippen LogP contribution in [0.15, 0.2) is 48.5 Å². The number of ether oxygens (including phenoxy) is 2. The fourth-order valence-electron chi connectivity index (χ4n) is 4.27. The molecule has 4 nitrogen and oxygen atoms in total. The Bertz CT molecular complexity index is 720. The quantitative estimate of drug-likeness (QED) is 0.631. The van der Waals surface area contributed by atoms with Crippen molar-refractivity contribution in [3.63, 3.8) is 0 Å². The Kier molecular flexibility index (Phi) is 7.61. The molecular formula is C24H34N2O2. The predicted molar refractivity (Wildman–Crippen MR) is 117 cm³/mol. The molecule has 1 aliphatic rings. The van der Waals surface area contributed by atoms with Gasteiger partial charge in [-0.3, -0.25) is 4.90 Å². The van der Waals surface area contributed by atoms with Gasteiger partial charge in [-0.1, -0.05) is 49.7 Å². The van der Waals surface area contributed by atoms with E-state index in [-0.39, 0.29) is 0 Å². The number of anilines is 1. The van der Waals surface area contributed by atoms with Crippen molar-refractivity contribution < 1.29 is 9.47 Å². The molecule has 0 N–H and O–H groups in total. The number of hydrogen-bond acceptors (Lipinski definition) is 4. The Hall–Kier alpha value is -2.20. The van der Waals surface area contributed by atoms with E-state index in [0.717, 1.165) is 49.8 Å². The van der Waals surface area contributed by atoms with Gasteiger partial charge in [0, 0.05) is 25.7 Å². The molecule has 1 atom stereocenters. The molecule has 4 heteroatoms. The number of hydrogen-bond donors (Lipinski definition) is 0. The van der Waals surface area contributed by atoms with Gasteiger partial charge >= 0.3 is 0 Å². The maximum Gasteiger partial charge on any atom is 0.184 e. The SMILES string of the molecule is CCCC1CN(CCCc2ccccc2)CCN1c1cccc(OC)c1OC. The molecule has 0 saturated carbocycles. The summed E-state index contributed by atoms with van der Waals surface area (Å²) in [6.07, 6.45) is 4.75. The third-order valence-electron chi connectivity index (χ3n) is 5.66. The standard InChI is InChI=1S/C24H34N2O2/c1-4-10-21-19-25(16-9-13-20-11-6-5-7-12-20)17-18-26(21)22-14-8-15-23(27-2)24(22)28-3/h5-8,11-12,14-15,21H,4,9-10,13,16-19H2,1-3H3. The van der Waals surface area contributed by atoms with E-state index in [2.05, 4.69) is 59.2 Å². The Morgan fingerprint density at radius 2 is 1.79 bits per heavy atom. The van der Waals surface area contributed by atoms with Crippen LogP contribution in [-0.4, -0.2) is 51.3 Å². The van der Waals surface area contributed by atoms with Gasteiger partial charge in [0.25, 0.3) is 0 Å². The highest BCUT2D eigenvalue weighted by atomic mass is 16.5. The van der Waals surface area contributed by atoms with Crippen molar-refractivity contribution in [2.45, 2.75) is 38.6 Å². The molecule has 1 aliphatic heterocycles. The molecule has 2 aromatic rings. The van der Waals surface area contributed by atoms with E-state index in [9.17, 15) is 0 Å². The van der Waals surface area contributed by atoms with E-state index in [1.807, 2.05) is 6.07 Å². The second-order valence-corrected chi connectivity index (χ2v) is 7.54. The van der Waals surface area contributed by atoms with Gasteiger partial charge in [-0.05, 0) is 43.5 Å². The molecule has 0 radical (unpaired) electrons. The molecule has 0 aliphatic carbocycles. The van der Waals surface area contributed by atoms with Gasteiger partial charge in [0.2, 0.25) is 0 Å². The second-order valence-electron chi connectivity index (χ2n) is 7.54. The average Bonchev–Trinajstić information content (AvgIpc) is 2.74. The molecule has 152 valence electrons. The van der Waals surface area contributed by atoms with Gasteiger partial charge in [-0.2, -0.15) is 0 Å². The molecule has 1 fully saturated rings. The summed E-state index contributed by atoms with van der Waals surface area (Å²) in [5.41, 5.74) is 2.59. The molecule has 0 bridgehead atoms. The predicted octanol–water partition coefficient (Wildman–Crippen LogP) is 4.63. The van der Waals surface area contributed by atoms with Crippen molar-refractivity contribution in [1.82, 2.24) is 4.90 Å². The van der Waals surface area contributed by atoms with Gasteiger partial charge in [-0.15, -0.1) is 0 Å². The van der Waals surface area contributed by atoms with E-state index in [1.54, 1.807) is 14.2 Å². The Labute approximate surface area is 170 Å². The normalized spacial score (nSPS) is 17.5. The number of rotatable bonds is 9. The van der Waals surface area contributed by atoms with Gasteiger partial charge in [0.15, 0.2) is 11.5 Å². The highest BCUT2D eigenvalue weighted by Crippen LogP contribution is 2.39. The molecule has 1 saturated heterocycles. The maximum atomic E-state index is 5.71. The smallest absolute Gasteiger partial charge is 0.184 e. The van der Waals surface area contributed by atoms with Crippen LogP contribution in [0, 0.1) is 0 Å². The first kappa shape index (κ1) is 20.5. The minimum atomic E-state index is 0.511. The zero-order valence-electron chi connectivity index (χ0n) is 17.6. The summed E-state index contributed by atoms with van der Waals surface area (Å²) in [7, 11) is 3.44. The lowest BCUT2D eigenvalue weighted by Gasteiger charge is -2.43. The van der Waals surface area contributed by atoms with Crippen LogP contribution < -0.4 is 14.4 Å². The van der Waals surface area contributed by atoms with E-state index >= 15 is 0 Å². The molecule has 0 aromatic heterocycles. The minimum absolute atomic E-state index is 0.511. The Morgan fingerprint density at radius 1 is 0.964 bits per heavy atom. The largest absolute Gasteiger partial charge is 0.493 e. The molecule has 2 aromatic carbocycles. The van der Waals surface area contributed by atoms with Crippen LogP contribution in [0.25, 0.3) is 0 Å². The third-order valence-corrected chi connectivity index (χ3v) is 5.66. The van der Waals surface area contributed by atoms with E-state index in [0.29, 0.717) is 6.04 Å². The fourth-order valence-corrected chi connectivity index (χ4v) is 4.27. The van der Waals surface area contributed by atoms with E-state index in [1.165, 1.54) is 24.8 Å². The van der Waals surface area contributed by atoms with Crippen LogP contribution in [0.4, 0.5) is 5.69 Å². The van der Waals surface area contributed by atoms with Gasteiger partial charge in [-0.25, -0.2) is 0 Å². The summed E-state index contributed by atoms with van der Waals surface area (Å²) in [5, 5.41) is 0. The van der Waals surface area contributed by atoms with Gasteiger partial charge in [0.1, 0.15) is 0 Å². The average molecular weight is 383 g/mol. The van der Waals surface area contributed by atoms with Crippen LogP contribution >= 0.6 is 0 Å². The first-order chi connectivity index (χ1) is 13.8. The molecule has 0 spiro atoms. The van der Waals surface area contributed by atoms with Crippen molar-refractivity contribution in [3.8, 4) is 11.5 Å². The Balaban J connectivity index is 1.64. The Morgan fingerprint density at radius 3 is 2.50 bits per heavy atom. The zero-order chi connectivity index (χ0) is 19.8. The zero-order valence-corrected chi connectivity index (χ0v) is 17.6. The highest BCUT2D eigenvalue weighted by molar-refractivity contribution is 5.65. The van der Waals surface area contributed by atoms with E-state index < -0.39 is 0 Å². The first-order valence-corrected chi connectivity index (χ1v) is 10.5. The summed E-state index contributed by atoms with van der Waals surface area (Å²) in [5.74, 6) is 1.66. The summed E-state index contributed by atoms with van der Waals surface area (Å²) >= 11 is 0. The van der Waals surface area contributed by atoms with Crippen LogP contribution in [-0.2, 0) is 6.42 Å². The molecule has 28 heavy (non-hydrogen) atoms. The highest BCUT2D eigenvalue weighted by Gasteiger charge is 2.29. The molecule has 1 heterocycles. The molecule has 0 amide bonds. The van der Waals surface area contributed by atoms with Gasteiger partial charge < -0.3 is 14.4 Å². The fraction of sp³-hybridized carbons (Fsp3) is 0.500. The number of benzene rings is 2. The summed E-state index contributed by atoms with van der Waals surface area (Å²) < 4.78 is 11.2.